The molecule has 3 heterocycles. The second-order valence-corrected chi connectivity index (χ2v) is 21.0. The van der Waals surface area contributed by atoms with Crippen molar-refractivity contribution >= 4 is 0 Å². The molecule has 0 amide bonds. The van der Waals surface area contributed by atoms with Crippen molar-refractivity contribution in [1.82, 2.24) is 45.0 Å². The highest BCUT2D eigenvalue weighted by Gasteiger charge is 2.32. The van der Waals surface area contributed by atoms with Crippen LogP contribution >= 0.6 is 0 Å². The Morgan fingerprint density at radius 2 is 1.03 bits per heavy atom. The van der Waals surface area contributed by atoms with Crippen molar-refractivity contribution < 1.29 is 4.74 Å². The maximum atomic E-state index is 5.55. The molecule has 0 aliphatic carbocycles. The Morgan fingerprint density at radius 3 is 1.61 bits per heavy atom. The summed E-state index contributed by atoms with van der Waals surface area (Å²) >= 11 is 0. The van der Waals surface area contributed by atoms with Crippen molar-refractivity contribution in [2.24, 2.45) is 28.1 Å². The molecule has 5 aromatic carbocycles. The maximum absolute atomic E-state index is 5.55. The van der Waals surface area contributed by atoms with E-state index in [4.69, 9.17) is 9.84 Å². The van der Waals surface area contributed by atoms with Crippen LogP contribution in [0.1, 0.15) is 88.5 Å². The fraction of sp³-hybridized carbons (Fsp3) is 0.368. The lowest BCUT2D eigenvalue weighted by Gasteiger charge is -2.35. The molecule has 0 bridgehead atoms. The number of methoxy groups -OCH3 is 1. The molecule has 2 atom stereocenters. The predicted octanol–water partition coefficient (Wildman–Crippen LogP) is 11.9. The number of aryl methyl sites for hydroxylation is 1. The number of aromatic nitrogens is 9. The van der Waals surface area contributed by atoms with Gasteiger partial charge in [-0.15, -0.1) is 15.3 Å². The first-order valence-electron chi connectivity index (χ1n) is 23.8. The smallest absolute Gasteiger partial charge is 0.128 e. The van der Waals surface area contributed by atoms with Crippen LogP contribution in [0.25, 0.3) is 22.6 Å². The molecular weight excluding hydrogens is 827 g/mol. The summed E-state index contributed by atoms with van der Waals surface area (Å²) in [5, 5.41) is 27.7. The molecule has 0 N–H and O–H groups in total. The zero-order valence-corrected chi connectivity index (χ0v) is 40.7. The molecule has 67 heavy (non-hydrogen) atoms. The molecule has 0 aliphatic rings. The van der Waals surface area contributed by atoms with Gasteiger partial charge in [-0.3, -0.25) is 4.68 Å². The maximum Gasteiger partial charge on any atom is 0.128 e. The molecule has 0 radical (unpaired) electrons. The van der Waals surface area contributed by atoms with E-state index in [1.165, 1.54) is 22.3 Å². The second kappa shape index (κ2) is 20.5. The summed E-state index contributed by atoms with van der Waals surface area (Å²) < 4.78 is 11.4. The fourth-order valence-electron chi connectivity index (χ4n) is 9.38. The highest BCUT2D eigenvalue weighted by Crippen LogP contribution is 2.37. The van der Waals surface area contributed by atoms with E-state index in [-0.39, 0.29) is 16.2 Å². The molecule has 0 saturated carbocycles. The molecular formula is C57H67N9O. The molecule has 8 aromatic rings. The van der Waals surface area contributed by atoms with Gasteiger partial charge < -0.3 is 4.74 Å². The second-order valence-electron chi connectivity index (χ2n) is 21.0. The Balaban J connectivity index is 0.932. The van der Waals surface area contributed by atoms with Crippen LogP contribution in [0.3, 0.4) is 0 Å². The third kappa shape index (κ3) is 12.4. The lowest BCUT2D eigenvalue weighted by Crippen LogP contribution is -2.30. The van der Waals surface area contributed by atoms with Crippen molar-refractivity contribution in [2.75, 3.05) is 7.11 Å². The normalized spacial score (nSPS) is 13.1. The van der Waals surface area contributed by atoms with Crippen LogP contribution < -0.4 is 4.74 Å². The Morgan fingerprint density at radius 1 is 0.507 bits per heavy atom. The van der Waals surface area contributed by atoms with E-state index in [9.17, 15) is 0 Å². The summed E-state index contributed by atoms with van der Waals surface area (Å²) in [6.45, 7) is 17.2. The third-order valence-corrected chi connectivity index (χ3v) is 13.6. The van der Waals surface area contributed by atoms with Gasteiger partial charge in [0.2, 0.25) is 0 Å². The van der Waals surface area contributed by atoms with Crippen LogP contribution in [0.4, 0.5) is 0 Å². The molecule has 346 valence electrons. The molecule has 0 fully saturated rings. The minimum absolute atomic E-state index is 0.0229. The van der Waals surface area contributed by atoms with Gasteiger partial charge in [0.1, 0.15) is 11.4 Å². The van der Waals surface area contributed by atoms with Crippen LogP contribution in [0.15, 0.2) is 152 Å². The lowest BCUT2D eigenvalue weighted by atomic mass is 9.70. The molecule has 8 rings (SSSR count). The highest BCUT2D eigenvalue weighted by atomic mass is 16.5. The van der Waals surface area contributed by atoms with Crippen LogP contribution in [-0.4, -0.2) is 52.1 Å². The van der Waals surface area contributed by atoms with Crippen molar-refractivity contribution in [3.63, 3.8) is 0 Å². The van der Waals surface area contributed by atoms with Gasteiger partial charge >= 0.3 is 0 Å². The van der Waals surface area contributed by atoms with E-state index in [0.29, 0.717) is 11.8 Å². The van der Waals surface area contributed by atoms with Crippen molar-refractivity contribution in [1.29, 1.82) is 0 Å². The number of hydrogen-bond acceptors (Lipinski definition) is 7. The average Bonchev–Trinajstić information content (AvgIpc) is 4.11. The van der Waals surface area contributed by atoms with Crippen LogP contribution in [-0.2, 0) is 45.1 Å². The van der Waals surface area contributed by atoms with Gasteiger partial charge in [-0.05, 0) is 132 Å². The van der Waals surface area contributed by atoms with Crippen LogP contribution in [0.5, 0.6) is 5.75 Å². The largest absolute Gasteiger partial charge is 0.496 e. The SMILES string of the molecule is COc1ccccc1-c1cn(CCC(C)(C)Cc2cccc(-n3cc(C[C@H](Cc4ccccc4)C(C)(C)Cc4cccc(-n5cc(C[C@@H](Cc6ccccc6)C(C)(C)C)nn5)c4)nn3)c2)nn1. The van der Waals surface area contributed by atoms with Gasteiger partial charge in [-0.2, -0.15) is 0 Å². The quantitative estimate of drug-likeness (QED) is 0.0751. The van der Waals surface area contributed by atoms with Crippen molar-refractivity contribution in [3.8, 4) is 28.4 Å². The number of para-hydroxylation sites is 1. The average molecular weight is 894 g/mol. The standard InChI is InChI=1S/C57H67N9O/c1-55(2,3)46(31-42-19-11-9-12-20-42)35-48-39-65(62-58-48)51-26-18-24-45(34-51)38-57(6,7)47(32-43-21-13-10-14-22-43)36-49-40-66(63-59-49)50-25-17-23-44(33-50)37-56(4,5)29-30-64-41-53(60-61-64)52-27-15-16-28-54(52)67-8/h9-28,33-34,39-41,46-47H,29-32,35-38H2,1-8H3/t46-,47+/m1/s1. The first-order chi connectivity index (χ1) is 32.2. The summed E-state index contributed by atoms with van der Waals surface area (Å²) in [7, 11) is 1.68. The monoisotopic (exact) mass is 894 g/mol. The first-order valence-corrected chi connectivity index (χ1v) is 23.8. The summed E-state index contributed by atoms with van der Waals surface area (Å²) in [5.41, 5.74) is 11.1. The molecule has 0 saturated heterocycles. The number of benzene rings is 5. The number of ether oxygens (including phenoxy) is 1. The van der Waals surface area contributed by atoms with Crippen LogP contribution in [0.2, 0.25) is 0 Å². The van der Waals surface area contributed by atoms with E-state index in [1.807, 2.05) is 44.5 Å². The Labute approximate surface area is 397 Å². The lowest BCUT2D eigenvalue weighted by molar-refractivity contribution is 0.205. The summed E-state index contributed by atoms with van der Waals surface area (Å²) in [4.78, 5) is 0. The Bertz CT molecular complexity index is 2810. The first kappa shape index (κ1) is 46.8. The van der Waals surface area contributed by atoms with Gasteiger partial charge in [0, 0.05) is 12.1 Å². The van der Waals surface area contributed by atoms with Crippen molar-refractivity contribution in [3.05, 3.63) is 186 Å². The molecule has 3 aromatic heterocycles. The van der Waals surface area contributed by atoms with Crippen LogP contribution in [0, 0.1) is 28.1 Å². The van der Waals surface area contributed by atoms with E-state index < -0.39 is 0 Å². The van der Waals surface area contributed by atoms with E-state index in [0.717, 1.165) is 91.3 Å². The third-order valence-electron chi connectivity index (χ3n) is 13.6. The van der Waals surface area contributed by atoms with E-state index in [1.54, 1.807) is 7.11 Å². The van der Waals surface area contributed by atoms with Gasteiger partial charge in [-0.1, -0.05) is 161 Å². The minimum atomic E-state index is -0.0726. The number of hydrogen-bond donors (Lipinski definition) is 0. The van der Waals surface area contributed by atoms with Gasteiger partial charge in [0.05, 0.1) is 48.5 Å². The minimum Gasteiger partial charge on any atom is -0.496 e. The summed E-state index contributed by atoms with van der Waals surface area (Å²) in [6.07, 6.45) is 12.6. The van der Waals surface area contributed by atoms with Crippen molar-refractivity contribution in [2.45, 2.75) is 100.0 Å². The van der Waals surface area contributed by atoms with E-state index in [2.05, 4.69) is 196 Å². The molecule has 0 unspecified atom stereocenters. The Kier molecular flexibility index (Phi) is 14.3. The molecule has 10 nitrogen and oxygen atoms in total. The Hall–Kier alpha value is -6.68. The zero-order chi connectivity index (χ0) is 47.0. The number of rotatable bonds is 20. The van der Waals surface area contributed by atoms with Gasteiger partial charge in [0.25, 0.3) is 0 Å². The fourth-order valence-corrected chi connectivity index (χ4v) is 9.38. The zero-order valence-electron chi connectivity index (χ0n) is 40.7. The summed E-state index contributed by atoms with van der Waals surface area (Å²) in [5.74, 6) is 1.52. The molecule has 10 heteroatoms. The molecule has 0 aliphatic heterocycles. The highest BCUT2D eigenvalue weighted by molar-refractivity contribution is 5.66. The van der Waals surface area contributed by atoms with Gasteiger partial charge in [0.15, 0.2) is 0 Å². The molecule has 0 spiro atoms. The predicted molar refractivity (Wildman–Crippen MR) is 268 cm³/mol. The topological polar surface area (TPSA) is 101 Å². The van der Waals surface area contributed by atoms with E-state index >= 15 is 0 Å². The number of nitrogens with zero attached hydrogens (tertiary/aromatic N) is 9. The summed E-state index contributed by atoms with van der Waals surface area (Å²) in [6, 6.07) is 47.1. The van der Waals surface area contributed by atoms with Gasteiger partial charge in [-0.25, -0.2) is 9.36 Å².